The molecule has 0 saturated heterocycles. The highest BCUT2D eigenvalue weighted by Crippen LogP contribution is 2.42. The maximum atomic E-state index is 13.5. The van der Waals surface area contributed by atoms with Gasteiger partial charge in [-0.05, 0) is 54.4 Å². The molecule has 0 fully saturated rings. The lowest BCUT2D eigenvalue weighted by Gasteiger charge is -2.25. The lowest BCUT2D eigenvalue weighted by atomic mass is 9.98. The van der Waals surface area contributed by atoms with Crippen LogP contribution in [0.4, 0.5) is 5.69 Å². The van der Waals surface area contributed by atoms with E-state index in [0.717, 1.165) is 15.6 Å². The maximum Gasteiger partial charge on any atom is 0.295 e. The summed E-state index contributed by atoms with van der Waals surface area (Å²) >= 11 is 9.85. The van der Waals surface area contributed by atoms with Gasteiger partial charge in [0.25, 0.3) is 5.91 Å². The summed E-state index contributed by atoms with van der Waals surface area (Å²) < 4.78 is 6.80. The molecule has 1 amide bonds. The van der Waals surface area contributed by atoms with Crippen LogP contribution in [-0.2, 0) is 0 Å². The molecule has 0 N–H and O–H groups in total. The second kappa shape index (κ2) is 7.11. The van der Waals surface area contributed by atoms with E-state index in [0.29, 0.717) is 27.2 Å². The van der Waals surface area contributed by atoms with E-state index in [1.165, 1.54) is 0 Å². The molecule has 30 heavy (non-hydrogen) atoms. The average molecular weight is 481 g/mol. The van der Waals surface area contributed by atoms with Crippen molar-refractivity contribution in [3.63, 3.8) is 0 Å². The predicted octanol–water partition coefficient (Wildman–Crippen LogP) is 6.27. The van der Waals surface area contributed by atoms with Crippen LogP contribution in [0.1, 0.15) is 33.3 Å². The van der Waals surface area contributed by atoms with Crippen molar-refractivity contribution in [2.45, 2.75) is 13.0 Å². The molecule has 0 spiro atoms. The van der Waals surface area contributed by atoms with Crippen molar-refractivity contribution < 1.29 is 9.21 Å². The van der Waals surface area contributed by atoms with E-state index in [9.17, 15) is 9.59 Å². The van der Waals surface area contributed by atoms with Crippen LogP contribution in [0.3, 0.4) is 0 Å². The van der Waals surface area contributed by atoms with Crippen LogP contribution in [0.5, 0.6) is 0 Å². The topological polar surface area (TPSA) is 50.5 Å². The molecule has 6 heteroatoms. The van der Waals surface area contributed by atoms with E-state index in [2.05, 4.69) is 15.9 Å². The second-order valence-corrected chi connectivity index (χ2v) is 8.56. The van der Waals surface area contributed by atoms with Crippen LogP contribution < -0.4 is 10.3 Å². The Morgan fingerprint density at radius 1 is 1.00 bits per heavy atom. The summed E-state index contributed by atoms with van der Waals surface area (Å²) in [7, 11) is 0. The molecule has 1 aromatic heterocycles. The third-order valence-electron chi connectivity index (χ3n) is 5.38. The van der Waals surface area contributed by atoms with Crippen LogP contribution in [0, 0.1) is 6.92 Å². The summed E-state index contributed by atoms with van der Waals surface area (Å²) in [5.74, 6) is -0.293. The Morgan fingerprint density at radius 3 is 2.57 bits per heavy atom. The number of rotatable bonds is 2. The minimum atomic E-state index is -0.621. The fourth-order valence-corrected chi connectivity index (χ4v) is 4.50. The molecule has 0 bridgehead atoms. The molecule has 0 aliphatic carbocycles. The van der Waals surface area contributed by atoms with Crippen molar-refractivity contribution >= 4 is 50.1 Å². The molecule has 0 radical (unpaired) electrons. The summed E-state index contributed by atoms with van der Waals surface area (Å²) in [6.07, 6.45) is 0. The number of amides is 1. The molecule has 148 valence electrons. The third kappa shape index (κ3) is 2.89. The normalized spacial score (nSPS) is 15.6. The predicted molar refractivity (Wildman–Crippen MR) is 121 cm³/mol. The van der Waals surface area contributed by atoms with Crippen LogP contribution in [-0.4, -0.2) is 5.91 Å². The smallest absolute Gasteiger partial charge is 0.295 e. The van der Waals surface area contributed by atoms with E-state index < -0.39 is 6.04 Å². The number of hydrogen-bond donors (Lipinski definition) is 0. The number of para-hydroxylation sites is 1. The van der Waals surface area contributed by atoms with Crippen molar-refractivity contribution in [3.05, 3.63) is 109 Å². The van der Waals surface area contributed by atoms with Gasteiger partial charge >= 0.3 is 0 Å². The minimum absolute atomic E-state index is 0.0698. The molecule has 2 heterocycles. The van der Waals surface area contributed by atoms with Crippen molar-refractivity contribution in [1.82, 2.24) is 0 Å². The van der Waals surface area contributed by atoms with E-state index in [1.54, 1.807) is 35.2 Å². The number of carbonyl (C=O) groups is 1. The van der Waals surface area contributed by atoms with E-state index in [1.807, 2.05) is 43.3 Å². The van der Waals surface area contributed by atoms with Gasteiger partial charge in [0, 0.05) is 15.2 Å². The SMILES string of the molecule is Cc1ccc(N2C(=O)c3oc4ccccc4c(=O)c3C2c2cccc(Br)c2)cc1Cl. The van der Waals surface area contributed by atoms with Crippen LogP contribution >= 0.6 is 27.5 Å². The molecular formula is C24H15BrClNO3. The summed E-state index contributed by atoms with van der Waals surface area (Å²) in [6.45, 7) is 1.90. The van der Waals surface area contributed by atoms with Gasteiger partial charge in [-0.3, -0.25) is 14.5 Å². The zero-order chi connectivity index (χ0) is 21.0. The van der Waals surface area contributed by atoms with Gasteiger partial charge in [0.1, 0.15) is 5.58 Å². The largest absolute Gasteiger partial charge is 0.450 e. The Kier molecular flexibility index (Phi) is 4.53. The van der Waals surface area contributed by atoms with Crippen molar-refractivity contribution in [1.29, 1.82) is 0 Å². The summed E-state index contributed by atoms with van der Waals surface area (Å²) in [6, 6.07) is 19.4. The van der Waals surface area contributed by atoms with Gasteiger partial charge in [-0.25, -0.2) is 0 Å². The number of carbonyl (C=O) groups excluding carboxylic acids is 1. The van der Waals surface area contributed by atoms with Gasteiger partial charge in [0.2, 0.25) is 5.76 Å². The fourth-order valence-electron chi connectivity index (χ4n) is 3.91. The Morgan fingerprint density at radius 2 is 1.80 bits per heavy atom. The molecule has 3 aromatic carbocycles. The fraction of sp³-hybridized carbons (Fsp3) is 0.0833. The zero-order valence-electron chi connectivity index (χ0n) is 15.9. The summed E-state index contributed by atoms with van der Waals surface area (Å²) in [4.78, 5) is 28.5. The minimum Gasteiger partial charge on any atom is -0.450 e. The quantitative estimate of drug-likeness (QED) is 0.340. The van der Waals surface area contributed by atoms with Crippen LogP contribution in [0.15, 0.2) is 80.4 Å². The zero-order valence-corrected chi connectivity index (χ0v) is 18.2. The van der Waals surface area contributed by atoms with E-state index >= 15 is 0 Å². The summed E-state index contributed by atoms with van der Waals surface area (Å²) in [5.41, 5.74) is 2.85. The number of halogens is 2. The Bertz CT molecular complexity index is 1400. The highest BCUT2D eigenvalue weighted by Gasteiger charge is 2.43. The molecule has 5 rings (SSSR count). The van der Waals surface area contributed by atoms with Gasteiger partial charge in [0.05, 0.1) is 17.0 Å². The average Bonchev–Trinajstić information content (AvgIpc) is 3.03. The molecule has 1 unspecified atom stereocenters. The number of benzene rings is 3. The van der Waals surface area contributed by atoms with Gasteiger partial charge < -0.3 is 4.42 Å². The first-order chi connectivity index (χ1) is 14.5. The lowest BCUT2D eigenvalue weighted by molar-refractivity contribution is 0.0971. The first kappa shape index (κ1) is 19.1. The molecule has 0 saturated carbocycles. The molecule has 4 nitrogen and oxygen atoms in total. The maximum absolute atomic E-state index is 13.5. The highest BCUT2D eigenvalue weighted by atomic mass is 79.9. The molecular weight excluding hydrogens is 466 g/mol. The van der Waals surface area contributed by atoms with Crippen molar-refractivity contribution in [2.75, 3.05) is 4.90 Å². The Balaban J connectivity index is 1.83. The number of anilines is 1. The monoisotopic (exact) mass is 479 g/mol. The lowest BCUT2D eigenvalue weighted by Crippen LogP contribution is -2.29. The number of nitrogens with zero attached hydrogens (tertiary/aromatic N) is 1. The molecule has 1 atom stereocenters. The van der Waals surface area contributed by atoms with Crippen molar-refractivity contribution in [2.24, 2.45) is 0 Å². The van der Waals surface area contributed by atoms with Crippen LogP contribution in [0.2, 0.25) is 5.02 Å². The first-order valence-corrected chi connectivity index (χ1v) is 10.5. The van der Waals surface area contributed by atoms with E-state index in [-0.39, 0.29) is 17.1 Å². The molecule has 1 aliphatic heterocycles. The second-order valence-electron chi connectivity index (χ2n) is 7.24. The van der Waals surface area contributed by atoms with Crippen LogP contribution in [0.25, 0.3) is 11.0 Å². The van der Waals surface area contributed by atoms with Gasteiger partial charge in [-0.15, -0.1) is 0 Å². The van der Waals surface area contributed by atoms with Gasteiger partial charge in [0.15, 0.2) is 5.43 Å². The number of fused-ring (bicyclic) bond motifs is 2. The Hall–Kier alpha value is -2.89. The third-order valence-corrected chi connectivity index (χ3v) is 6.28. The van der Waals surface area contributed by atoms with Gasteiger partial charge in [-0.2, -0.15) is 0 Å². The van der Waals surface area contributed by atoms with Crippen molar-refractivity contribution in [3.8, 4) is 0 Å². The van der Waals surface area contributed by atoms with E-state index in [4.69, 9.17) is 16.0 Å². The standard InChI is InChI=1S/C24H15BrClNO3/c1-13-9-10-16(12-18(13)26)27-21(14-5-4-6-15(25)11-14)20-22(28)17-7-2-3-8-19(17)30-23(20)24(27)29/h2-12,21H,1H3. The molecule has 4 aromatic rings. The number of hydrogen-bond acceptors (Lipinski definition) is 3. The first-order valence-electron chi connectivity index (χ1n) is 9.36. The highest BCUT2D eigenvalue weighted by molar-refractivity contribution is 9.10. The van der Waals surface area contributed by atoms with Gasteiger partial charge in [-0.1, -0.05) is 57.9 Å². The Labute approximate surface area is 185 Å². The molecule has 1 aliphatic rings. The summed E-state index contributed by atoms with van der Waals surface area (Å²) in [5, 5.41) is 1.00. The number of aryl methyl sites for hydroxylation is 1.